The van der Waals surface area contributed by atoms with Gasteiger partial charge < -0.3 is 19.2 Å². The Morgan fingerprint density at radius 3 is 0.629 bits per heavy atom. The largest absolute Gasteiger partial charge is 0.334 e. The first-order valence-corrected chi connectivity index (χ1v) is 21.6. The van der Waals surface area contributed by atoms with Gasteiger partial charge in [0.15, 0.2) is 0 Å². The standard InChI is InChI=1S/C26H64B2N4P2Si/c1-19(2)29(20(3)4)27(30(21(5)6)22(7)8)33-35(17,18)34-28(31(23(9)10)24(11)12)32(25(13)14)26(15)16/h19-26,33-34H,1-18H3. The lowest BCUT2D eigenvalue weighted by atomic mass is 9.91. The molecule has 0 aliphatic rings. The van der Waals surface area contributed by atoms with E-state index in [9.17, 15) is 0 Å². The summed E-state index contributed by atoms with van der Waals surface area (Å²) in [5.74, 6) is 0. The van der Waals surface area contributed by atoms with E-state index in [0.717, 1.165) is 16.0 Å². The van der Waals surface area contributed by atoms with Crippen molar-refractivity contribution in [3.8, 4) is 0 Å². The van der Waals surface area contributed by atoms with Crippen molar-refractivity contribution < 1.29 is 0 Å². The Kier molecular flexibility index (Phi) is 16.1. The minimum atomic E-state index is -1.56. The Labute approximate surface area is 227 Å². The van der Waals surface area contributed by atoms with Crippen LogP contribution in [0.2, 0.25) is 13.1 Å². The van der Waals surface area contributed by atoms with Crippen LogP contribution in [0.4, 0.5) is 0 Å². The third kappa shape index (κ3) is 11.0. The van der Waals surface area contributed by atoms with E-state index >= 15 is 0 Å². The lowest BCUT2D eigenvalue weighted by Gasteiger charge is -2.50. The van der Waals surface area contributed by atoms with Gasteiger partial charge in [-0.25, -0.2) is 0 Å². The monoisotopic (exact) mass is 544 g/mol. The maximum Gasteiger partial charge on any atom is 0.334 e. The smallest absolute Gasteiger partial charge is 0.320 e. The molecule has 0 aromatic heterocycles. The third-order valence-electron chi connectivity index (χ3n) is 6.88. The Bertz CT molecular complexity index is 470. The minimum absolute atomic E-state index is 0.517. The second-order valence-corrected chi connectivity index (χ2v) is 28.8. The van der Waals surface area contributed by atoms with Crippen LogP contribution in [-0.2, 0) is 0 Å². The molecule has 4 nitrogen and oxygen atoms in total. The van der Waals surface area contributed by atoms with Crippen molar-refractivity contribution in [1.82, 2.24) is 19.2 Å². The van der Waals surface area contributed by atoms with Crippen LogP contribution in [0.5, 0.6) is 0 Å². The van der Waals surface area contributed by atoms with Gasteiger partial charge in [-0.15, -0.1) is 16.0 Å². The van der Waals surface area contributed by atoms with Crippen LogP contribution < -0.4 is 0 Å². The zero-order chi connectivity index (χ0) is 28.0. The van der Waals surface area contributed by atoms with Crippen molar-refractivity contribution in [3.05, 3.63) is 0 Å². The highest BCUT2D eigenvalue weighted by Crippen LogP contribution is 2.49. The van der Waals surface area contributed by atoms with Crippen LogP contribution in [0.3, 0.4) is 0 Å². The van der Waals surface area contributed by atoms with Crippen LogP contribution in [0.15, 0.2) is 0 Å². The molecule has 0 bridgehead atoms. The van der Waals surface area contributed by atoms with E-state index in [2.05, 4.69) is 143 Å². The molecule has 0 N–H and O–H groups in total. The molecule has 0 aromatic rings. The number of hydrogen-bond acceptors (Lipinski definition) is 4. The molecule has 0 aliphatic heterocycles. The quantitative estimate of drug-likeness (QED) is 0.147. The molecule has 0 rings (SSSR count). The average molecular weight is 544 g/mol. The van der Waals surface area contributed by atoms with Gasteiger partial charge in [-0.05, 0) is 48.3 Å². The summed E-state index contributed by atoms with van der Waals surface area (Å²) in [6, 6.07) is 4.35. The molecule has 0 radical (unpaired) electrons. The molecule has 0 saturated heterocycles. The molecule has 0 saturated carbocycles. The minimum Gasteiger partial charge on any atom is -0.320 e. The first-order valence-electron chi connectivity index (χ1n) is 14.4. The van der Waals surface area contributed by atoms with Crippen molar-refractivity contribution in [3.63, 3.8) is 0 Å². The summed E-state index contributed by atoms with van der Waals surface area (Å²) >= 11 is 0. The van der Waals surface area contributed by atoms with E-state index in [0.29, 0.717) is 61.7 Å². The van der Waals surface area contributed by atoms with E-state index in [4.69, 9.17) is 0 Å². The highest BCUT2D eigenvalue weighted by Gasteiger charge is 2.45. The molecule has 0 aliphatic carbocycles. The van der Waals surface area contributed by atoms with E-state index in [1.54, 1.807) is 0 Å². The average Bonchev–Trinajstić information content (AvgIpc) is 2.57. The van der Waals surface area contributed by atoms with Crippen LogP contribution in [0, 0.1) is 0 Å². The predicted molar refractivity (Wildman–Crippen MR) is 174 cm³/mol. The molecule has 0 fully saturated rings. The third-order valence-corrected chi connectivity index (χ3v) is 18.5. The molecule has 0 amide bonds. The maximum atomic E-state index is 2.82. The van der Waals surface area contributed by atoms with Crippen LogP contribution >= 0.6 is 16.0 Å². The van der Waals surface area contributed by atoms with Crippen LogP contribution in [-0.4, -0.2) is 88.4 Å². The zero-order valence-electron chi connectivity index (χ0n) is 27.1. The summed E-state index contributed by atoms with van der Waals surface area (Å²) in [5.41, 5.74) is 0. The van der Waals surface area contributed by atoms with Gasteiger partial charge in [0.1, 0.15) is 0 Å². The van der Waals surface area contributed by atoms with Gasteiger partial charge in [-0.3, -0.25) is 0 Å². The molecule has 0 aromatic carbocycles. The normalized spacial score (nSPS) is 14.6. The van der Waals surface area contributed by atoms with Crippen molar-refractivity contribution in [2.45, 2.75) is 172 Å². The van der Waals surface area contributed by atoms with Gasteiger partial charge in [0, 0.05) is 0 Å². The van der Waals surface area contributed by atoms with Gasteiger partial charge in [0.05, 0.1) is 7.41 Å². The zero-order valence-corrected chi connectivity index (χ0v) is 30.1. The summed E-state index contributed by atoms with van der Waals surface area (Å²) in [4.78, 5) is 11.3. The summed E-state index contributed by atoms with van der Waals surface area (Å²) in [6.07, 6.45) is 0. The molecular weight excluding hydrogens is 480 g/mol. The maximum absolute atomic E-state index is 2.82. The lowest BCUT2D eigenvalue weighted by Crippen LogP contribution is -2.62. The molecule has 208 valence electrons. The highest BCUT2D eigenvalue weighted by molar-refractivity contribution is 8.29. The fraction of sp³-hybridized carbons (Fsp3) is 1.00. The van der Waals surface area contributed by atoms with Crippen LogP contribution in [0.25, 0.3) is 0 Å². The molecule has 2 atom stereocenters. The van der Waals surface area contributed by atoms with E-state index in [1.807, 2.05) is 0 Å². The first kappa shape index (κ1) is 36.0. The summed E-state index contributed by atoms with van der Waals surface area (Å²) < 4.78 is 0. The number of nitrogens with zero attached hydrogens (tertiary/aromatic N) is 4. The number of rotatable bonds is 16. The Balaban J connectivity index is 6.57. The fourth-order valence-electron chi connectivity index (χ4n) is 5.94. The first-order chi connectivity index (χ1) is 15.8. The van der Waals surface area contributed by atoms with Crippen molar-refractivity contribution in [2.24, 2.45) is 0 Å². The molecule has 9 heteroatoms. The highest BCUT2D eigenvalue weighted by atomic mass is 31.6. The van der Waals surface area contributed by atoms with Crippen LogP contribution in [0.1, 0.15) is 111 Å². The predicted octanol–water partition coefficient (Wildman–Crippen LogP) is 7.49. The van der Waals surface area contributed by atoms with Crippen molar-refractivity contribution in [1.29, 1.82) is 0 Å². The Morgan fingerprint density at radius 1 is 0.371 bits per heavy atom. The van der Waals surface area contributed by atoms with Gasteiger partial charge in [-0.2, -0.15) is 0 Å². The van der Waals surface area contributed by atoms with Gasteiger partial charge >= 0.3 is 13.4 Å². The fourth-order valence-corrected chi connectivity index (χ4v) is 19.3. The topological polar surface area (TPSA) is 13.0 Å². The van der Waals surface area contributed by atoms with E-state index in [-0.39, 0.29) is 0 Å². The van der Waals surface area contributed by atoms with Gasteiger partial charge in [-0.1, -0.05) is 124 Å². The van der Waals surface area contributed by atoms with E-state index < -0.39 is 7.41 Å². The lowest BCUT2D eigenvalue weighted by molar-refractivity contribution is 0.233. The number of hydrogen-bond donors (Lipinski definition) is 0. The van der Waals surface area contributed by atoms with E-state index in [1.165, 1.54) is 0 Å². The molecular formula is C26H64B2N4P2Si. The molecule has 0 heterocycles. The van der Waals surface area contributed by atoms with Gasteiger partial charge in [0.2, 0.25) is 0 Å². The second kappa shape index (κ2) is 15.6. The molecule has 35 heavy (non-hydrogen) atoms. The molecule has 2 unspecified atom stereocenters. The Hall–Kier alpha value is 1.05. The summed E-state index contributed by atoms with van der Waals surface area (Å²) in [5, 5.41) is 0. The van der Waals surface area contributed by atoms with Gasteiger partial charge in [0.25, 0.3) is 0 Å². The summed E-state index contributed by atoms with van der Waals surface area (Å²) in [6.45, 7) is 44.8. The van der Waals surface area contributed by atoms with Crippen molar-refractivity contribution in [2.75, 3.05) is 0 Å². The Morgan fingerprint density at radius 2 is 0.514 bits per heavy atom. The van der Waals surface area contributed by atoms with Crippen molar-refractivity contribution >= 4 is 36.8 Å². The second-order valence-electron chi connectivity index (χ2n) is 13.2. The molecule has 0 spiro atoms. The summed E-state index contributed by atoms with van der Waals surface area (Å²) in [7, 11) is 0.410. The SMILES string of the molecule is CC(C)N(B(P[Si](C)(C)PB(N(C(C)C)C(C)C)N(C(C)C)C(C)C)N(C(C)C)C(C)C)C(C)C.